The van der Waals surface area contributed by atoms with E-state index in [4.69, 9.17) is 33.7 Å². The van der Waals surface area contributed by atoms with Crippen LogP contribution >= 0.6 is 23.2 Å². The Bertz CT molecular complexity index is 373. The second-order valence-corrected chi connectivity index (χ2v) is 3.83. The van der Waals surface area contributed by atoms with Gasteiger partial charge in [-0.2, -0.15) is 0 Å². The summed E-state index contributed by atoms with van der Waals surface area (Å²) in [7, 11) is 0. The van der Waals surface area contributed by atoms with E-state index < -0.39 is 0 Å². The van der Waals surface area contributed by atoms with Crippen LogP contribution in [0.3, 0.4) is 0 Å². The second-order valence-electron chi connectivity index (χ2n) is 3.02. The molecule has 4 nitrogen and oxygen atoms in total. The van der Waals surface area contributed by atoms with Gasteiger partial charge in [0.1, 0.15) is 6.54 Å². The van der Waals surface area contributed by atoms with E-state index in [1.54, 1.807) is 19.1 Å². The summed E-state index contributed by atoms with van der Waals surface area (Å²) in [5.41, 5.74) is 6.49. The number of anilines is 2. The van der Waals surface area contributed by atoms with E-state index in [0.717, 1.165) is 0 Å². The molecule has 0 aliphatic heterocycles. The molecule has 0 saturated carbocycles. The third kappa shape index (κ3) is 3.47. The lowest BCUT2D eigenvalue weighted by atomic mass is 10.3. The quantitative estimate of drug-likeness (QED) is 0.647. The van der Waals surface area contributed by atoms with Gasteiger partial charge < -0.3 is 15.8 Å². The Balaban J connectivity index is 2.70. The highest BCUT2D eigenvalue weighted by molar-refractivity contribution is 6.39. The fourth-order valence-electron chi connectivity index (χ4n) is 1.13. The first-order valence-electron chi connectivity index (χ1n) is 4.68. The van der Waals surface area contributed by atoms with Crippen molar-refractivity contribution in [2.75, 3.05) is 24.2 Å². The smallest absolute Gasteiger partial charge is 0.325 e. The van der Waals surface area contributed by atoms with Gasteiger partial charge in [-0.05, 0) is 19.1 Å². The average molecular weight is 263 g/mol. The summed E-state index contributed by atoms with van der Waals surface area (Å²) < 4.78 is 4.75. The molecule has 1 rings (SSSR count). The van der Waals surface area contributed by atoms with Crippen LogP contribution in [0.5, 0.6) is 0 Å². The van der Waals surface area contributed by atoms with Gasteiger partial charge in [-0.1, -0.05) is 23.2 Å². The van der Waals surface area contributed by atoms with Gasteiger partial charge in [0.15, 0.2) is 0 Å². The molecule has 0 aliphatic rings. The van der Waals surface area contributed by atoms with Crippen molar-refractivity contribution in [1.82, 2.24) is 0 Å². The van der Waals surface area contributed by atoms with Crippen molar-refractivity contribution in [2.45, 2.75) is 6.92 Å². The van der Waals surface area contributed by atoms with Crippen LogP contribution in [-0.2, 0) is 9.53 Å². The van der Waals surface area contributed by atoms with E-state index >= 15 is 0 Å². The summed E-state index contributed by atoms with van der Waals surface area (Å²) >= 11 is 11.8. The van der Waals surface area contributed by atoms with E-state index in [1.807, 2.05) is 0 Å². The van der Waals surface area contributed by atoms with Crippen molar-refractivity contribution in [3.63, 3.8) is 0 Å². The van der Waals surface area contributed by atoms with Crippen LogP contribution in [0.15, 0.2) is 12.1 Å². The van der Waals surface area contributed by atoms with Crippen LogP contribution in [0.25, 0.3) is 0 Å². The maximum atomic E-state index is 11.1. The molecule has 0 aromatic heterocycles. The molecule has 16 heavy (non-hydrogen) atoms. The van der Waals surface area contributed by atoms with Gasteiger partial charge in [0.05, 0.1) is 22.3 Å². The van der Waals surface area contributed by atoms with Gasteiger partial charge in [0.25, 0.3) is 0 Å². The topological polar surface area (TPSA) is 64.3 Å². The van der Waals surface area contributed by atoms with Crippen molar-refractivity contribution >= 4 is 40.5 Å². The largest absolute Gasteiger partial charge is 0.465 e. The standard InChI is InChI=1S/C10H12Cl2N2O2/c1-2-16-9(15)5-14-10-7(11)3-6(13)4-8(10)12/h3-4,14H,2,5,13H2,1H3. The molecular weight excluding hydrogens is 251 g/mol. The molecule has 0 spiro atoms. The number of hydrogen-bond donors (Lipinski definition) is 2. The van der Waals surface area contributed by atoms with Gasteiger partial charge >= 0.3 is 5.97 Å². The normalized spacial score (nSPS) is 9.94. The Hall–Kier alpha value is -1.13. The maximum Gasteiger partial charge on any atom is 0.325 e. The predicted molar refractivity (Wildman–Crippen MR) is 66.0 cm³/mol. The van der Waals surface area contributed by atoms with Crippen LogP contribution in [0.1, 0.15) is 6.92 Å². The van der Waals surface area contributed by atoms with E-state index in [9.17, 15) is 4.79 Å². The van der Waals surface area contributed by atoms with Gasteiger partial charge in [0.2, 0.25) is 0 Å². The summed E-state index contributed by atoms with van der Waals surface area (Å²) in [4.78, 5) is 11.1. The summed E-state index contributed by atoms with van der Waals surface area (Å²) in [5, 5.41) is 3.54. The highest BCUT2D eigenvalue weighted by atomic mass is 35.5. The van der Waals surface area contributed by atoms with Crippen LogP contribution in [0.2, 0.25) is 10.0 Å². The van der Waals surface area contributed by atoms with Crippen molar-refractivity contribution in [1.29, 1.82) is 0 Å². The van der Waals surface area contributed by atoms with Crippen molar-refractivity contribution in [3.8, 4) is 0 Å². The van der Waals surface area contributed by atoms with E-state index in [1.165, 1.54) is 0 Å². The molecule has 88 valence electrons. The zero-order chi connectivity index (χ0) is 12.1. The van der Waals surface area contributed by atoms with E-state index in [2.05, 4.69) is 5.32 Å². The third-order valence-electron chi connectivity index (χ3n) is 1.78. The van der Waals surface area contributed by atoms with Gasteiger partial charge in [-0.25, -0.2) is 0 Å². The number of halogens is 2. The SMILES string of the molecule is CCOC(=O)CNc1c(Cl)cc(N)cc1Cl. The van der Waals surface area contributed by atoms with Gasteiger partial charge in [-0.15, -0.1) is 0 Å². The average Bonchev–Trinajstić information content (AvgIpc) is 2.16. The first-order chi connectivity index (χ1) is 7.54. The summed E-state index contributed by atoms with van der Waals surface area (Å²) in [5.74, 6) is -0.369. The number of ether oxygens (including phenoxy) is 1. The number of benzene rings is 1. The molecule has 0 atom stereocenters. The molecule has 1 aromatic rings. The molecule has 6 heteroatoms. The summed E-state index contributed by atoms with van der Waals surface area (Å²) in [6.07, 6.45) is 0. The van der Waals surface area contributed by atoms with Gasteiger partial charge in [0, 0.05) is 5.69 Å². The molecular formula is C10H12Cl2N2O2. The van der Waals surface area contributed by atoms with Crippen LogP contribution in [0.4, 0.5) is 11.4 Å². The highest BCUT2D eigenvalue weighted by Gasteiger charge is 2.09. The molecule has 0 heterocycles. The lowest BCUT2D eigenvalue weighted by Gasteiger charge is -2.10. The first-order valence-corrected chi connectivity index (χ1v) is 5.44. The fraction of sp³-hybridized carbons (Fsp3) is 0.300. The Morgan fingerprint density at radius 1 is 1.44 bits per heavy atom. The number of carbonyl (C=O) groups excluding carboxylic acids is 1. The number of esters is 1. The predicted octanol–water partition coefficient (Wildman–Crippen LogP) is 2.55. The second kappa shape index (κ2) is 5.82. The molecule has 3 N–H and O–H groups in total. The monoisotopic (exact) mass is 262 g/mol. The molecule has 0 bridgehead atoms. The number of nitrogens with one attached hydrogen (secondary N) is 1. The Kier molecular flexibility index (Phi) is 4.71. The Morgan fingerprint density at radius 2 is 2.00 bits per heavy atom. The Morgan fingerprint density at radius 3 is 2.50 bits per heavy atom. The Labute approximate surface area is 104 Å². The zero-order valence-electron chi connectivity index (χ0n) is 8.72. The number of rotatable bonds is 4. The highest BCUT2D eigenvalue weighted by Crippen LogP contribution is 2.32. The molecule has 0 radical (unpaired) electrons. The number of nitrogen functional groups attached to an aromatic ring is 1. The maximum absolute atomic E-state index is 11.1. The van der Waals surface area contributed by atoms with Crippen LogP contribution < -0.4 is 11.1 Å². The summed E-state index contributed by atoms with van der Waals surface area (Å²) in [6.45, 7) is 2.09. The zero-order valence-corrected chi connectivity index (χ0v) is 10.2. The molecule has 0 amide bonds. The van der Waals surface area contributed by atoms with Crippen molar-refractivity contribution < 1.29 is 9.53 Å². The molecule has 0 fully saturated rings. The van der Waals surface area contributed by atoms with Crippen molar-refractivity contribution in [3.05, 3.63) is 22.2 Å². The number of carbonyl (C=O) groups is 1. The van der Waals surface area contributed by atoms with Gasteiger partial charge in [-0.3, -0.25) is 4.79 Å². The molecule has 0 aliphatic carbocycles. The number of hydrogen-bond acceptors (Lipinski definition) is 4. The minimum atomic E-state index is -0.369. The lowest BCUT2D eigenvalue weighted by Crippen LogP contribution is -2.17. The third-order valence-corrected chi connectivity index (χ3v) is 2.38. The minimum absolute atomic E-state index is 0.0111. The first kappa shape index (κ1) is 12.9. The van der Waals surface area contributed by atoms with Crippen LogP contribution in [-0.4, -0.2) is 19.1 Å². The summed E-state index contributed by atoms with van der Waals surface area (Å²) in [6, 6.07) is 3.11. The van der Waals surface area contributed by atoms with Crippen LogP contribution in [0, 0.1) is 0 Å². The molecule has 0 saturated heterocycles. The lowest BCUT2D eigenvalue weighted by molar-refractivity contribution is -0.140. The molecule has 1 aromatic carbocycles. The minimum Gasteiger partial charge on any atom is -0.465 e. The van der Waals surface area contributed by atoms with E-state index in [0.29, 0.717) is 28.0 Å². The molecule has 0 unspecified atom stereocenters. The fourth-order valence-corrected chi connectivity index (χ4v) is 1.77. The van der Waals surface area contributed by atoms with Crippen molar-refractivity contribution in [2.24, 2.45) is 0 Å². The van der Waals surface area contributed by atoms with E-state index in [-0.39, 0.29) is 12.5 Å². The number of nitrogens with two attached hydrogens (primary N) is 1.